The SMILES string of the molecule is C[C@]1(C(=O)NC2CCCCCC2)Cn2c(cc3sccc32)C(=O)N1Cc1ccccc1Cl. The molecule has 1 atom stereocenters. The molecule has 3 heterocycles. The van der Waals surface area contributed by atoms with Gasteiger partial charge in [-0.3, -0.25) is 9.59 Å². The van der Waals surface area contributed by atoms with Gasteiger partial charge in [-0.15, -0.1) is 11.3 Å². The second kappa shape index (κ2) is 8.56. The molecular weight excluding hydrogens is 442 g/mol. The first-order valence-corrected chi connectivity index (χ1v) is 12.7. The quantitative estimate of drug-likeness (QED) is 0.505. The number of thiophene rings is 1. The van der Waals surface area contributed by atoms with E-state index in [0.717, 1.165) is 41.5 Å². The molecule has 3 aromatic rings. The highest BCUT2D eigenvalue weighted by Gasteiger charge is 2.48. The second-order valence-electron chi connectivity index (χ2n) is 9.20. The van der Waals surface area contributed by atoms with Crippen molar-refractivity contribution in [2.45, 2.75) is 70.1 Å². The summed E-state index contributed by atoms with van der Waals surface area (Å²) in [5, 5.41) is 5.94. The van der Waals surface area contributed by atoms with Crippen LogP contribution in [0.2, 0.25) is 5.02 Å². The summed E-state index contributed by atoms with van der Waals surface area (Å²) in [6.45, 7) is 2.62. The smallest absolute Gasteiger partial charge is 0.271 e. The van der Waals surface area contributed by atoms with Crippen molar-refractivity contribution in [3.8, 4) is 0 Å². The van der Waals surface area contributed by atoms with E-state index in [4.69, 9.17) is 11.6 Å². The Morgan fingerprint density at radius 1 is 1.19 bits per heavy atom. The summed E-state index contributed by atoms with van der Waals surface area (Å²) in [5.74, 6) is -0.203. The van der Waals surface area contributed by atoms with Crippen LogP contribution in [0.15, 0.2) is 41.8 Å². The van der Waals surface area contributed by atoms with Crippen molar-refractivity contribution >= 4 is 45.0 Å². The van der Waals surface area contributed by atoms with Crippen LogP contribution in [0, 0.1) is 0 Å². The topological polar surface area (TPSA) is 54.3 Å². The number of benzene rings is 1. The number of aromatic nitrogens is 1. The van der Waals surface area contributed by atoms with Gasteiger partial charge in [0, 0.05) is 17.6 Å². The van der Waals surface area contributed by atoms with E-state index in [1.807, 2.05) is 53.3 Å². The summed E-state index contributed by atoms with van der Waals surface area (Å²) >= 11 is 8.06. The molecule has 1 fully saturated rings. The standard InChI is InChI=1S/C25H28ClN3O2S/c1-25(24(31)27-18-9-4-2-3-5-10-18)16-28-20-12-13-32-22(20)14-21(28)23(30)29(25)15-17-8-6-7-11-19(17)26/h6-8,11-14,18H,2-5,9-10,15-16H2,1H3,(H,27,31)/t25-/m1/s1. The number of carbonyl (C=O) groups is 2. The van der Waals surface area contributed by atoms with Crippen molar-refractivity contribution in [2.75, 3.05) is 0 Å². The van der Waals surface area contributed by atoms with E-state index in [1.165, 1.54) is 12.8 Å². The number of rotatable bonds is 4. The molecule has 1 aromatic carbocycles. The molecular formula is C25H28ClN3O2S. The Bertz CT molecular complexity index is 1160. The predicted molar refractivity (Wildman–Crippen MR) is 129 cm³/mol. The Hall–Kier alpha value is -2.31. The van der Waals surface area contributed by atoms with Crippen molar-refractivity contribution in [1.82, 2.24) is 14.8 Å². The largest absolute Gasteiger partial charge is 0.351 e. The van der Waals surface area contributed by atoms with Crippen LogP contribution in [0.4, 0.5) is 0 Å². The summed E-state index contributed by atoms with van der Waals surface area (Å²) in [6, 6.07) is 11.7. The zero-order valence-electron chi connectivity index (χ0n) is 18.3. The number of hydrogen-bond acceptors (Lipinski definition) is 3. The van der Waals surface area contributed by atoms with Crippen LogP contribution in [0.25, 0.3) is 10.2 Å². The number of nitrogens with one attached hydrogen (secondary N) is 1. The lowest BCUT2D eigenvalue weighted by molar-refractivity contribution is -0.134. The first-order chi connectivity index (χ1) is 15.5. The Kier molecular flexibility index (Phi) is 5.76. The molecule has 0 radical (unpaired) electrons. The molecule has 5 nitrogen and oxygen atoms in total. The number of amides is 2. The lowest BCUT2D eigenvalue weighted by Crippen LogP contribution is -2.64. The second-order valence-corrected chi connectivity index (χ2v) is 10.6. The van der Waals surface area contributed by atoms with Gasteiger partial charge in [-0.2, -0.15) is 0 Å². The van der Waals surface area contributed by atoms with Crippen molar-refractivity contribution in [1.29, 1.82) is 0 Å². The van der Waals surface area contributed by atoms with Crippen LogP contribution in [0.5, 0.6) is 0 Å². The molecule has 1 N–H and O–H groups in total. The van der Waals surface area contributed by atoms with Crippen LogP contribution in [-0.4, -0.2) is 32.9 Å². The predicted octanol–water partition coefficient (Wildman–Crippen LogP) is 5.61. The maximum atomic E-state index is 13.8. The van der Waals surface area contributed by atoms with Gasteiger partial charge in [-0.1, -0.05) is 55.5 Å². The monoisotopic (exact) mass is 469 g/mol. The average molecular weight is 470 g/mol. The molecule has 2 aliphatic rings. The maximum Gasteiger partial charge on any atom is 0.271 e. The fourth-order valence-corrected chi connectivity index (χ4v) is 6.10. The van der Waals surface area contributed by atoms with Crippen LogP contribution >= 0.6 is 22.9 Å². The van der Waals surface area contributed by atoms with Gasteiger partial charge in [0.05, 0.1) is 16.8 Å². The average Bonchev–Trinajstić information content (AvgIpc) is 3.27. The molecule has 0 bridgehead atoms. The molecule has 5 rings (SSSR count). The van der Waals surface area contributed by atoms with E-state index in [0.29, 0.717) is 23.8 Å². The van der Waals surface area contributed by atoms with E-state index >= 15 is 0 Å². The Morgan fingerprint density at radius 3 is 2.69 bits per heavy atom. The minimum atomic E-state index is -1.01. The molecule has 168 valence electrons. The molecule has 0 saturated heterocycles. The van der Waals surface area contributed by atoms with E-state index in [-0.39, 0.29) is 17.9 Å². The summed E-state index contributed by atoms with van der Waals surface area (Å²) in [4.78, 5) is 29.3. The Balaban J connectivity index is 1.53. The fourth-order valence-electron chi connectivity index (χ4n) is 5.08. The molecule has 0 spiro atoms. The molecule has 2 amide bonds. The molecule has 0 unspecified atom stereocenters. The zero-order valence-corrected chi connectivity index (χ0v) is 19.8. The van der Waals surface area contributed by atoms with Crippen LogP contribution in [0.3, 0.4) is 0 Å². The molecule has 1 aliphatic carbocycles. The minimum absolute atomic E-state index is 0.0764. The number of nitrogens with zero attached hydrogens (tertiary/aromatic N) is 2. The third-order valence-electron chi connectivity index (χ3n) is 7.01. The summed E-state index contributed by atoms with van der Waals surface area (Å²) in [7, 11) is 0. The van der Waals surface area contributed by atoms with Gasteiger partial charge in [-0.05, 0) is 48.9 Å². The molecule has 7 heteroatoms. The van der Waals surface area contributed by atoms with Gasteiger partial charge in [0.2, 0.25) is 5.91 Å². The van der Waals surface area contributed by atoms with Crippen LogP contribution < -0.4 is 5.32 Å². The number of halogens is 1. The third-order valence-corrected chi connectivity index (χ3v) is 8.24. The highest BCUT2D eigenvalue weighted by Crippen LogP contribution is 2.36. The maximum absolute atomic E-state index is 13.8. The summed E-state index contributed by atoms with van der Waals surface area (Å²) in [6.07, 6.45) is 6.74. The molecule has 32 heavy (non-hydrogen) atoms. The molecule has 1 aliphatic heterocycles. The van der Waals surface area contributed by atoms with E-state index < -0.39 is 5.54 Å². The van der Waals surface area contributed by atoms with E-state index in [1.54, 1.807) is 16.2 Å². The van der Waals surface area contributed by atoms with Crippen LogP contribution in [0.1, 0.15) is 61.5 Å². The Labute approximate surface area is 197 Å². The van der Waals surface area contributed by atoms with Gasteiger partial charge in [0.25, 0.3) is 5.91 Å². The first kappa shape index (κ1) is 21.5. The Morgan fingerprint density at radius 2 is 1.94 bits per heavy atom. The summed E-state index contributed by atoms with van der Waals surface area (Å²) < 4.78 is 3.09. The lowest BCUT2D eigenvalue weighted by atomic mass is 9.93. The highest BCUT2D eigenvalue weighted by atomic mass is 35.5. The van der Waals surface area contributed by atoms with Gasteiger partial charge in [0.1, 0.15) is 11.2 Å². The highest BCUT2D eigenvalue weighted by molar-refractivity contribution is 7.17. The van der Waals surface area contributed by atoms with Gasteiger partial charge < -0.3 is 14.8 Å². The molecule has 2 aromatic heterocycles. The molecule has 1 saturated carbocycles. The first-order valence-electron chi connectivity index (χ1n) is 11.4. The lowest BCUT2D eigenvalue weighted by Gasteiger charge is -2.44. The zero-order chi connectivity index (χ0) is 22.3. The minimum Gasteiger partial charge on any atom is -0.351 e. The number of fused-ring (bicyclic) bond motifs is 3. The van der Waals surface area contributed by atoms with E-state index in [9.17, 15) is 9.59 Å². The number of hydrogen-bond donors (Lipinski definition) is 1. The van der Waals surface area contributed by atoms with Crippen molar-refractivity contribution in [2.24, 2.45) is 0 Å². The van der Waals surface area contributed by atoms with Gasteiger partial charge >= 0.3 is 0 Å². The van der Waals surface area contributed by atoms with Gasteiger partial charge in [0.15, 0.2) is 0 Å². The fraction of sp³-hybridized carbons (Fsp3) is 0.440. The van der Waals surface area contributed by atoms with Gasteiger partial charge in [-0.25, -0.2) is 0 Å². The van der Waals surface area contributed by atoms with Crippen LogP contribution in [-0.2, 0) is 17.9 Å². The van der Waals surface area contributed by atoms with E-state index in [2.05, 4.69) is 5.32 Å². The van der Waals surface area contributed by atoms with Crippen molar-refractivity contribution in [3.63, 3.8) is 0 Å². The third kappa shape index (κ3) is 3.73. The normalized spacial score (nSPS) is 22.1. The summed E-state index contributed by atoms with van der Waals surface area (Å²) in [5.41, 5.74) is 1.49. The van der Waals surface area contributed by atoms with Crippen molar-refractivity contribution in [3.05, 3.63) is 58.1 Å². The number of carbonyl (C=O) groups excluding carboxylic acids is 2. The van der Waals surface area contributed by atoms with Crippen molar-refractivity contribution < 1.29 is 9.59 Å².